The SMILES string of the molecule is O=C(Nc1ncc(Cl)cn1)c1oc2cccnc2c1NC(=O)[C@H]1CC[C@H](N2CCOCC2=O)CC1. The van der Waals surface area contributed by atoms with Crippen LogP contribution in [0.4, 0.5) is 11.6 Å². The van der Waals surface area contributed by atoms with Crippen LogP contribution in [-0.2, 0) is 14.3 Å². The van der Waals surface area contributed by atoms with E-state index in [2.05, 4.69) is 25.6 Å². The van der Waals surface area contributed by atoms with Crippen molar-refractivity contribution in [3.05, 3.63) is 41.5 Å². The van der Waals surface area contributed by atoms with E-state index in [1.54, 1.807) is 18.3 Å². The van der Waals surface area contributed by atoms with E-state index in [0.717, 1.165) is 12.8 Å². The highest BCUT2D eigenvalue weighted by Crippen LogP contribution is 2.33. The second kappa shape index (κ2) is 9.96. The normalized spacial score (nSPS) is 20.6. The summed E-state index contributed by atoms with van der Waals surface area (Å²) in [6.45, 7) is 1.24. The van der Waals surface area contributed by atoms with Crippen LogP contribution in [-0.4, -0.2) is 63.4 Å². The minimum Gasteiger partial charge on any atom is -0.447 e. The lowest BCUT2D eigenvalue weighted by Gasteiger charge is -2.38. The average Bonchev–Trinajstić information content (AvgIpc) is 3.24. The van der Waals surface area contributed by atoms with Crippen molar-refractivity contribution < 1.29 is 23.5 Å². The molecule has 1 saturated carbocycles. The Morgan fingerprint density at radius 2 is 1.86 bits per heavy atom. The van der Waals surface area contributed by atoms with E-state index in [9.17, 15) is 14.4 Å². The highest BCUT2D eigenvalue weighted by atomic mass is 35.5. The standard InChI is InChI=1S/C23H23ClN6O5/c24-14-10-26-23(27-11-14)29-22(33)20-19(18-16(35-20)2-1-7-25-18)28-21(32)13-3-5-15(6-4-13)30-8-9-34-12-17(30)31/h1-2,7,10-11,13,15H,3-6,8-9,12H2,(H,28,32)(H,26,27,29,33)/t13-,15-. The Labute approximate surface area is 205 Å². The maximum absolute atomic E-state index is 13.2. The number of aromatic nitrogens is 3. The topological polar surface area (TPSA) is 140 Å². The van der Waals surface area contributed by atoms with E-state index < -0.39 is 5.91 Å². The summed E-state index contributed by atoms with van der Waals surface area (Å²) < 4.78 is 10.9. The third kappa shape index (κ3) is 4.96. The smallest absolute Gasteiger partial charge is 0.296 e. The zero-order valence-corrected chi connectivity index (χ0v) is 19.5. The van der Waals surface area contributed by atoms with Gasteiger partial charge in [0.05, 0.1) is 24.0 Å². The number of amides is 3. The van der Waals surface area contributed by atoms with E-state index in [0.29, 0.717) is 42.1 Å². The van der Waals surface area contributed by atoms with Crippen LogP contribution >= 0.6 is 11.6 Å². The Morgan fingerprint density at radius 3 is 2.60 bits per heavy atom. The zero-order chi connectivity index (χ0) is 24.4. The summed E-state index contributed by atoms with van der Waals surface area (Å²) in [4.78, 5) is 52.3. The van der Waals surface area contributed by atoms with E-state index in [-0.39, 0.29) is 47.8 Å². The average molecular weight is 499 g/mol. The number of furan rings is 1. The molecule has 0 spiro atoms. The number of rotatable bonds is 5. The van der Waals surface area contributed by atoms with Gasteiger partial charge < -0.3 is 19.4 Å². The molecule has 1 aliphatic heterocycles. The number of morpholine rings is 1. The summed E-state index contributed by atoms with van der Waals surface area (Å²) >= 11 is 5.80. The molecule has 0 aromatic carbocycles. The fourth-order valence-electron chi connectivity index (χ4n) is 4.53. The number of fused-ring (bicyclic) bond motifs is 1. The largest absolute Gasteiger partial charge is 0.447 e. The van der Waals surface area contributed by atoms with Gasteiger partial charge in [-0.05, 0) is 37.8 Å². The molecule has 1 aliphatic carbocycles. The monoisotopic (exact) mass is 498 g/mol. The number of anilines is 2. The Balaban J connectivity index is 1.30. The van der Waals surface area contributed by atoms with Crippen molar-refractivity contribution in [2.75, 3.05) is 30.4 Å². The lowest BCUT2D eigenvalue weighted by Crippen LogP contribution is -2.49. The summed E-state index contributed by atoms with van der Waals surface area (Å²) in [7, 11) is 0. The number of carbonyl (C=O) groups is 3. The van der Waals surface area contributed by atoms with Gasteiger partial charge in [0.15, 0.2) is 5.58 Å². The van der Waals surface area contributed by atoms with E-state index in [4.69, 9.17) is 20.8 Å². The number of hydrogen-bond acceptors (Lipinski definition) is 8. The molecular formula is C23H23ClN6O5. The van der Waals surface area contributed by atoms with Crippen LogP contribution in [0.5, 0.6) is 0 Å². The number of carbonyl (C=O) groups excluding carboxylic acids is 3. The van der Waals surface area contributed by atoms with Crippen LogP contribution < -0.4 is 10.6 Å². The van der Waals surface area contributed by atoms with Crippen molar-refractivity contribution >= 4 is 52.1 Å². The number of nitrogens with zero attached hydrogens (tertiary/aromatic N) is 4. The maximum atomic E-state index is 13.2. The molecule has 0 radical (unpaired) electrons. The van der Waals surface area contributed by atoms with Gasteiger partial charge in [-0.3, -0.25) is 24.7 Å². The summed E-state index contributed by atoms with van der Waals surface area (Å²) in [5.41, 5.74) is 0.928. The molecule has 2 fully saturated rings. The minimum atomic E-state index is -0.629. The van der Waals surface area contributed by atoms with Gasteiger partial charge >= 0.3 is 0 Å². The molecular weight excluding hydrogens is 476 g/mol. The van der Waals surface area contributed by atoms with Gasteiger partial charge in [0.1, 0.15) is 17.8 Å². The molecule has 12 heteroatoms. The molecule has 182 valence electrons. The molecule has 3 aromatic rings. The molecule has 2 aliphatic rings. The summed E-state index contributed by atoms with van der Waals surface area (Å²) in [6.07, 6.45) is 6.99. The van der Waals surface area contributed by atoms with Gasteiger partial charge in [0.2, 0.25) is 23.5 Å². The van der Waals surface area contributed by atoms with Crippen molar-refractivity contribution in [2.45, 2.75) is 31.7 Å². The van der Waals surface area contributed by atoms with Crippen LogP contribution in [0.1, 0.15) is 36.2 Å². The third-order valence-corrected chi connectivity index (χ3v) is 6.47. The number of ether oxygens (including phenoxy) is 1. The number of nitrogens with one attached hydrogen (secondary N) is 2. The fourth-order valence-corrected chi connectivity index (χ4v) is 4.63. The number of hydrogen-bond donors (Lipinski definition) is 2. The fraction of sp³-hybridized carbons (Fsp3) is 0.391. The van der Waals surface area contributed by atoms with Crippen molar-refractivity contribution in [1.82, 2.24) is 19.9 Å². The Kier molecular flexibility index (Phi) is 6.60. The van der Waals surface area contributed by atoms with Crippen LogP contribution in [0.25, 0.3) is 11.1 Å². The summed E-state index contributed by atoms with van der Waals surface area (Å²) in [5.74, 6) is -1.16. The molecule has 4 heterocycles. The first-order valence-electron chi connectivity index (χ1n) is 11.3. The first-order valence-corrected chi connectivity index (χ1v) is 11.7. The molecule has 0 unspecified atom stereocenters. The lowest BCUT2D eigenvalue weighted by molar-refractivity contribution is -0.146. The van der Waals surface area contributed by atoms with Gasteiger partial charge in [0, 0.05) is 24.7 Å². The van der Waals surface area contributed by atoms with Gasteiger partial charge in [0.25, 0.3) is 5.91 Å². The van der Waals surface area contributed by atoms with Crippen LogP contribution in [0.2, 0.25) is 5.02 Å². The second-order valence-electron chi connectivity index (χ2n) is 8.47. The Morgan fingerprint density at radius 1 is 1.09 bits per heavy atom. The predicted octanol–water partition coefficient (Wildman–Crippen LogP) is 2.88. The quantitative estimate of drug-likeness (QED) is 0.547. The van der Waals surface area contributed by atoms with Crippen LogP contribution in [0.15, 0.2) is 35.1 Å². The van der Waals surface area contributed by atoms with Gasteiger partial charge in [-0.2, -0.15) is 0 Å². The first-order chi connectivity index (χ1) is 17.0. The predicted molar refractivity (Wildman–Crippen MR) is 126 cm³/mol. The highest BCUT2D eigenvalue weighted by Gasteiger charge is 2.34. The number of halogens is 1. The molecule has 11 nitrogen and oxygen atoms in total. The number of pyridine rings is 1. The first kappa shape index (κ1) is 23.2. The van der Waals surface area contributed by atoms with E-state index >= 15 is 0 Å². The van der Waals surface area contributed by atoms with Gasteiger partial charge in [-0.25, -0.2) is 9.97 Å². The molecule has 35 heavy (non-hydrogen) atoms. The van der Waals surface area contributed by atoms with Crippen molar-refractivity contribution in [3.63, 3.8) is 0 Å². The van der Waals surface area contributed by atoms with E-state index in [1.165, 1.54) is 12.4 Å². The third-order valence-electron chi connectivity index (χ3n) is 6.28. The summed E-state index contributed by atoms with van der Waals surface area (Å²) in [6, 6.07) is 3.46. The molecule has 0 atom stereocenters. The lowest BCUT2D eigenvalue weighted by atomic mass is 9.84. The van der Waals surface area contributed by atoms with Gasteiger partial charge in [-0.15, -0.1) is 0 Å². The van der Waals surface area contributed by atoms with Crippen LogP contribution in [0, 0.1) is 5.92 Å². The Hall–Kier alpha value is -3.57. The second-order valence-corrected chi connectivity index (χ2v) is 8.91. The van der Waals surface area contributed by atoms with Crippen molar-refractivity contribution in [2.24, 2.45) is 5.92 Å². The van der Waals surface area contributed by atoms with E-state index in [1.807, 2.05) is 4.90 Å². The minimum absolute atomic E-state index is 0.000383. The molecule has 3 aromatic heterocycles. The molecule has 5 rings (SSSR count). The van der Waals surface area contributed by atoms with Gasteiger partial charge in [-0.1, -0.05) is 11.6 Å². The Bertz CT molecular complexity index is 1260. The van der Waals surface area contributed by atoms with Crippen molar-refractivity contribution in [3.8, 4) is 0 Å². The molecule has 3 amide bonds. The molecule has 2 N–H and O–H groups in total. The zero-order valence-electron chi connectivity index (χ0n) is 18.7. The molecule has 0 bridgehead atoms. The molecule has 1 saturated heterocycles. The van der Waals surface area contributed by atoms with Crippen LogP contribution in [0.3, 0.4) is 0 Å². The maximum Gasteiger partial charge on any atom is 0.296 e. The van der Waals surface area contributed by atoms with Crippen molar-refractivity contribution in [1.29, 1.82) is 0 Å². The summed E-state index contributed by atoms with van der Waals surface area (Å²) in [5, 5.41) is 5.74. The highest BCUT2D eigenvalue weighted by molar-refractivity contribution is 6.30.